The largest absolute Gasteiger partial charge is 0.482 e. The van der Waals surface area contributed by atoms with Crippen LogP contribution in [-0.2, 0) is 11.8 Å². The predicted molar refractivity (Wildman–Crippen MR) is 82.4 cm³/mol. The van der Waals surface area contributed by atoms with Crippen LogP contribution in [0.5, 0.6) is 5.75 Å². The molecule has 3 rings (SSSR count). The Labute approximate surface area is 134 Å². The highest BCUT2D eigenvalue weighted by atomic mass is 16.5. The van der Waals surface area contributed by atoms with Crippen LogP contribution in [0, 0.1) is 0 Å². The van der Waals surface area contributed by atoms with E-state index in [1.165, 1.54) is 0 Å². The summed E-state index contributed by atoms with van der Waals surface area (Å²) in [6, 6.07) is 1.60. The van der Waals surface area contributed by atoms with E-state index in [0.717, 1.165) is 5.69 Å². The molecule has 0 aromatic carbocycles. The molecule has 0 unspecified atom stereocenters. The van der Waals surface area contributed by atoms with Crippen LogP contribution in [0.4, 0.5) is 0 Å². The van der Waals surface area contributed by atoms with Crippen LogP contribution in [0.15, 0.2) is 18.5 Å². The molecule has 8 heteroatoms. The summed E-state index contributed by atoms with van der Waals surface area (Å²) in [6.07, 6.45) is 3.00. The van der Waals surface area contributed by atoms with E-state index < -0.39 is 0 Å². The molecule has 1 amide bonds. The van der Waals surface area contributed by atoms with Gasteiger partial charge < -0.3 is 14.8 Å². The summed E-state index contributed by atoms with van der Waals surface area (Å²) in [5.41, 5.74) is 1.43. The molecule has 124 valence electrons. The van der Waals surface area contributed by atoms with E-state index in [2.05, 4.69) is 34.5 Å². The molecule has 2 aromatic rings. The number of nitrogens with zero attached hydrogens (tertiary/aromatic N) is 3. The summed E-state index contributed by atoms with van der Waals surface area (Å²) < 4.78 is 12.9. The van der Waals surface area contributed by atoms with E-state index in [-0.39, 0.29) is 18.1 Å². The molecule has 3 heterocycles. The highest BCUT2D eigenvalue weighted by Crippen LogP contribution is 2.17. The van der Waals surface area contributed by atoms with Gasteiger partial charge in [-0.3, -0.25) is 14.6 Å². The zero-order valence-electron chi connectivity index (χ0n) is 13.4. The Hall–Kier alpha value is -2.35. The van der Waals surface area contributed by atoms with Crippen LogP contribution in [0.25, 0.3) is 0 Å². The zero-order valence-corrected chi connectivity index (χ0v) is 13.4. The lowest BCUT2D eigenvalue weighted by Crippen LogP contribution is -2.45. The number of hydrogen-bond donors (Lipinski definition) is 2. The third kappa shape index (κ3) is 3.37. The predicted octanol–water partition coefficient (Wildman–Crippen LogP) is 0.843. The SMILES string of the molecule is CC(C)c1cc(C(=O)N[C@H]2COC[C@H]2Oc2cn[nH]c2)nn1C. The first-order chi connectivity index (χ1) is 11.0. The lowest BCUT2D eigenvalue weighted by atomic mass is 10.1. The van der Waals surface area contributed by atoms with Gasteiger partial charge in [-0.2, -0.15) is 10.2 Å². The van der Waals surface area contributed by atoms with E-state index in [1.807, 2.05) is 13.1 Å². The molecule has 1 saturated heterocycles. The standard InChI is InChI=1S/C15H21N5O3/c1-9(2)13-4-11(19-20(13)3)15(21)18-12-7-22-8-14(12)23-10-5-16-17-6-10/h4-6,9,12,14H,7-8H2,1-3H3,(H,16,17)(H,18,21)/t12-,14+/m0/s1. The van der Waals surface area contributed by atoms with Crippen molar-refractivity contribution in [1.82, 2.24) is 25.3 Å². The van der Waals surface area contributed by atoms with E-state index in [0.29, 0.717) is 30.6 Å². The van der Waals surface area contributed by atoms with Gasteiger partial charge in [0.2, 0.25) is 0 Å². The highest BCUT2D eigenvalue weighted by Gasteiger charge is 2.32. The van der Waals surface area contributed by atoms with Gasteiger partial charge in [0.1, 0.15) is 11.8 Å². The van der Waals surface area contributed by atoms with Gasteiger partial charge in [0, 0.05) is 12.7 Å². The number of amides is 1. The van der Waals surface area contributed by atoms with Crippen LogP contribution in [0.3, 0.4) is 0 Å². The number of aromatic nitrogens is 4. The third-order valence-electron chi connectivity index (χ3n) is 3.85. The van der Waals surface area contributed by atoms with Gasteiger partial charge in [0.15, 0.2) is 5.75 Å². The van der Waals surface area contributed by atoms with Gasteiger partial charge >= 0.3 is 0 Å². The lowest BCUT2D eigenvalue weighted by Gasteiger charge is -2.19. The first-order valence-electron chi connectivity index (χ1n) is 7.62. The number of aryl methyl sites for hydroxylation is 1. The molecule has 8 nitrogen and oxygen atoms in total. The van der Waals surface area contributed by atoms with E-state index in [9.17, 15) is 4.79 Å². The molecular weight excluding hydrogens is 298 g/mol. The summed E-state index contributed by atoms with van der Waals surface area (Å²) in [5, 5.41) is 13.7. The quantitative estimate of drug-likeness (QED) is 0.852. The molecule has 0 aliphatic carbocycles. The summed E-state index contributed by atoms with van der Waals surface area (Å²) in [4.78, 5) is 12.4. The molecule has 0 saturated carbocycles. The van der Waals surface area contributed by atoms with Gasteiger partial charge in [-0.15, -0.1) is 0 Å². The van der Waals surface area contributed by atoms with Crippen molar-refractivity contribution >= 4 is 5.91 Å². The Morgan fingerprint density at radius 3 is 3.00 bits per heavy atom. The molecule has 2 atom stereocenters. The monoisotopic (exact) mass is 319 g/mol. The number of carbonyl (C=O) groups excluding carboxylic acids is 1. The maximum atomic E-state index is 12.4. The van der Waals surface area contributed by atoms with Crippen LogP contribution >= 0.6 is 0 Å². The Balaban J connectivity index is 1.65. The zero-order chi connectivity index (χ0) is 16.4. The molecule has 1 aliphatic rings. The van der Waals surface area contributed by atoms with Crippen LogP contribution in [0.2, 0.25) is 0 Å². The normalized spacial score (nSPS) is 20.9. The van der Waals surface area contributed by atoms with Gasteiger partial charge in [0.25, 0.3) is 5.91 Å². The fourth-order valence-corrected chi connectivity index (χ4v) is 2.64. The number of H-pyrrole nitrogens is 1. The van der Waals surface area contributed by atoms with Crippen LogP contribution < -0.4 is 10.1 Å². The Bertz CT molecular complexity index is 665. The van der Waals surface area contributed by atoms with Crippen molar-refractivity contribution < 1.29 is 14.3 Å². The highest BCUT2D eigenvalue weighted by molar-refractivity contribution is 5.92. The average molecular weight is 319 g/mol. The number of ether oxygens (including phenoxy) is 2. The summed E-state index contributed by atoms with van der Waals surface area (Å²) in [7, 11) is 1.84. The summed E-state index contributed by atoms with van der Waals surface area (Å²) >= 11 is 0. The average Bonchev–Trinajstić information content (AvgIpc) is 3.21. The first kappa shape index (κ1) is 15.5. The Kier molecular flexibility index (Phi) is 4.33. The van der Waals surface area contributed by atoms with Crippen molar-refractivity contribution in [2.24, 2.45) is 7.05 Å². The Morgan fingerprint density at radius 2 is 2.35 bits per heavy atom. The molecule has 2 aromatic heterocycles. The van der Waals surface area contributed by atoms with E-state index >= 15 is 0 Å². The maximum Gasteiger partial charge on any atom is 0.272 e. The molecular formula is C15H21N5O3. The molecule has 23 heavy (non-hydrogen) atoms. The van der Waals surface area contributed by atoms with Crippen LogP contribution in [-0.4, -0.2) is 51.2 Å². The molecule has 1 fully saturated rings. The molecule has 2 N–H and O–H groups in total. The summed E-state index contributed by atoms with van der Waals surface area (Å²) in [6.45, 7) is 4.98. The number of carbonyl (C=O) groups is 1. The maximum absolute atomic E-state index is 12.4. The van der Waals surface area contributed by atoms with Crippen molar-refractivity contribution in [2.45, 2.75) is 31.9 Å². The third-order valence-corrected chi connectivity index (χ3v) is 3.85. The lowest BCUT2D eigenvalue weighted by molar-refractivity contribution is 0.0898. The summed E-state index contributed by atoms with van der Waals surface area (Å²) in [5.74, 6) is 0.713. The first-order valence-corrected chi connectivity index (χ1v) is 7.62. The molecule has 0 radical (unpaired) electrons. The van der Waals surface area contributed by atoms with Crippen molar-refractivity contribution in [1.29, 1.82) is 0 Å². The minimum absolute atomic E-state index is 0.219. The van der Waals surface area contributed by atoms with Crippen LogP contribution in [0.1, 0.15) is 35.9 Å². The number of hydrogen-bond acceptors (Lipinski definition) is 5. The fraction of sp³-hybridized carbons (Fsp3) is 0.533. The smallest absolute Gasteiger partial charge is 0.272 e. The minimum Gasteiger partial charge on any atom is -0.482 e. The van der Waals surface area contributed by atoms with E-state index in [4.69, 9.17) is 9.47 Å². The van der Waals surface area contributed by atoms with Crippen molar-refractivity contribution in [3.63, 3.8) is 0 Å². The van der Waals surface area contributed by atoms with Gasteiger partial charge in [-0.1, -0.05) is 13.8 Å². The van der Waals surface area contributed by atoms with Gasteiger partial charge in [0.05, 0.1) is 31.6 Å². The number of rotatable bonds is 5. The van der Waals surface area contributed by atoms with Gasteiger partial charge in [-0.25, -0.2) is 0 Å². The minimum atomic E-state index is -0.246. The van der Waals surface area contributed by atoms with Crippen molar-refractivity contribution in [2.75, 3.05) is 13.2 Å². The molecule has 0 spiro atoms. The Morgan fingerprint density at radius 1 is 1.52 bits per heavy atom. The van der Waals surface area contributed by atoms with Crippen molar-refractivity contribution in [3.8, 4) is 5.75 Å². The van der Waals surface area contributed by atoms with E-state index in [1.54, 1.807) is 17.1 Å². The van der Waals surface area contributed by atoms with Crippen molar-refractivity contribution in [3.05, 3.63) is 29.8 Å². The second-order valence-corrected chi connectivity index (χ2v) is 5.94. The number of aromatic amines is 1. The fourth-order valence-electron chi connectivity index (χ4n) is 2.64. The van der Waals surface area contributed by atoms with Gasteiger partial charge in [-0.05, 0) is 12.0 Å². The second kappa shape index (κ2) is 6.41. The molecule has 0 bridgehead atoms. The molecule has 1 aliphatic heterocycles. The topological polar surface area (TPSA) is 94.1 Å². The number of nitrogens with one attached hydrogen (secondary N) is 2. The second-order valence-electron chi connectivity index (χ2n) is 5.94.